The lowest BCUT2D eigenvalue weighted by molar-refractivity contribution is 0.225. The first-order valence-electron chi connectivity index (χ1n) is 8.27. The molecule has 1 aliphatic rings. The lowest BCUT2D eigenvalue weighted by atomic mass is 10.1. The van der Waals surface area contributed by atoms with E-state index in [0.29, 0.717) is 16.7 Å². The topological polar surface area (TPSA) is 59.9 Å². The van der Waals surface area contributed by atoms with Gasteiger partial charge in [0, 0.05) is 22.6 Å². The number of unbranched alkanes of at least 4 members (excludes halogenated alkanes) is 1. The Hall–Kier alpha value is -2.12. The average Bonchev–Trinajstić information content (AvgIpc) is 3.12. The van der Waals surface area contributed by atoms with E-state index in [9.17, 15) is 0 Å². The molecule has 0 amide bonds. The van der Waals surface area contributed by atoms with Gasteiger partial charge in [-0.2, -0.15) is 16.3 Å². The molecule has 4 rings (SSSR count). The highest BCUT2D eigenvalue weighted by atomic mass is 32.2. The highest BCUT2D eigenvalue weighted by Gasteiger charge is 2.26. The van der Waals surface area contributed by atoms with Gasteiger partial charge in [0.05, 0.1) is 0 Å². The Morgan fingerprint density at radius 3 is 3.00 bits per heavy atom. The summed E-state index contributed by atoms with van der Waals surface area (Å²) < 4.78 is 6.20. The molecule has 0 radical (unpaired) electrons. The monoisotopic (exact) mass is 370 g/mol. The van der Waals surface area contributed by atoms with Crippen molar-refractivity contribution in [2.24, 2.45) is 0 Å². The first-order valence-corrected chi connectivity index (χ1v) is 10.2. The number of rotatable bonds is 5. The molecule has 0 unspecified atom stereocenters. The van der Waals surface area contributed by atoms with E-state index in [0.717, 1.165) is 35.4 Å². The predicted molar refractivity (Wildman–Crippen MR) is 102 cm³/mol. The number of hydrogen-bond donors (Lipinski definition) is 1. The molecule has 0 aliphatic carbocycles. The normalized spacial score (nSPS) is 15.5. The molecule has 1 aliphatic heterocycles. The number of aromatic nitrogens is 3. The molecule has 25 heavy (non-hydrogen) atoms. The zero-order chi connectivity index (χ0) is 17.1. The van der Waals surface area contributed by atoms with Crippen LogP contribution in [-0.4, -0.2) is 20.9 Å². The molecule has 5 nitrogen and oxygen atoms in total. The average molecular weight is 371 g/mol. The molecule has 128 valence electrons. The van der Waals surface area contributed by atoms with Crippen LogP contribution >= 0.6 is 23.1 Å². The van der Waals surface area contributed by atoms with Crippen LogP contribution < -0.4 is 10.1 Å². The van der Waals surface area contributed by atoms with Crippen LogP contribution in [-0.2, 0) is 0 Å². The van der Waals surface area contributed by atoms with Crippen molar-refractivity contribution in [2.75, 3.05) is 11.1 Å². The molecule has 0 bridgehead atoms. The molecule has 2 aromatic heterocycles. The molecule has 3 heterocycles. The third-order valence-electron chi connectivity index (χ3n) is 3.91. The van der Waals surface area contributed by atoms with Gasteiger partial charge in [-0.05, 0) is 29.3 Å². The molecule has 1 aromatic carbocycles. The van der Waals surface area contributed by atoms with Crippen LogP contribution in [0.1, 0.15) is 31.6 Å². The number of ether oxygens (including phenoxy) is 1. The summed E-state index contributed by atoms with van der Waals surface area (Å²) in [6.45, 7) is 2.17. The fourth-order valence-electron chi connectivity index (χ4n) is 2.59. The van der Waals surface area contributed by atoms with Crippen molar-refractivity contribution >= 4 is 28.8 Å². The van der Waals surface area contributed by atoms with Crippen LogP contribution in [0, 0.1) is 0 Å². The summed E-state index contributed by atoms with van der Waals surface area (Å²) >= 11 is 3.27. The Morgan fingerprint density at radius 2 is 2.16 bits per heavy atom. The standard InChI is InChI=1S/C18H18N4OS2/c1-2-3-9-25-18-20-17-15(21-22-18)13-6-4-5-7-14(13)19-16(23-17)12-8-10-24-11-12/h4-8,10-11,16,19H,2-3,9H2,1H3/t16-/m1/s1. The van der Waals surface area contributed by atoms with Gasteiger partial charge in [0.1, 0.15) is 0 Å². The van der Waals surface area contributed by atoms with Crippen LogP contribution in [0.5, 0.6) is 5.88 Å². The van der Waals surface area contributed by atoms with Gasteiger partial charge in [0.15, 0.2) is 11.9 Å². The van der Waals surface area contributed by atoms with Crippen LogP contribution in [0.4, 0.5) is 5.69 Å². The van der Waals surface area contributed by atoms with Crippen molar-refractivity contribution in [3.05, 3.63) is 46.7 Å². The van der Waals surface area contributed by atoms with E-state index in [2.05, 4.69) is 38.9 Å². The molecule has 0 fully saturated rings. The summed E-state index contributed by atoms with van der Waals surface area (Å²) in [5.74, 6) is 1.52. The highest BCUT2D eigenvalue weighted by molar-refractivity contribution is 7.99. The number of benzene rings is 1. The zero-order valence-corrected chi connectivity index (χ0v) is 15.4. The van der Waals surface area contributed by atoms with Crippen LogP contribution in [0.2, 0.25) is 0 Å². The molecule has 1 N–H and O–H groups in total. The number of nitrogens with one attached hydrogen (secondary N) is 1. The maximum Gasteiger partial charge on any atom is 0.247 e. The zero-order valence-electron chi connectivity index (χ0n) is 13.8. The summed E-state index contributed by atoms with van der Waals surface area (Å²) in [4.78, 5) is 4.63. The Kier molecular flexibility index (Phi) is 4.85. The summed E-state index contributed by atoms with van der Waals surface area (Å²) in [7, 11) is 0. The second-order valence-corrected chi connectivity index (χ2v) is 7.54. The number of nitrogens with zero attached hydrogens (tertiary/aromatic N) is 3. The van der Waals surface area contributed by atoms with Crippen molar-refractivity contribution in [1.82, 2.24) is 15.2 Å². The van der Waals surface area contributed by atoms with Crippen molar-refractivity contribution in [3.63, 3.8) is 0 Å². The van der Waals surface area contributed by atoms with E-state index < -0.39 is 0 Å². The van der Waals surface area contributed by atoms with Crippen LogP contribution in [0.3, 0.4) is 0 Å². The van der Waals surface area contributed by atoms with Gasteiger partial charge < -0.3 is 10.1 Å². The van der Waals surface area contributed by atoms with Crippen LogP contribution in [0.15, 0.2) is 46.2 Å². The van der Waals surface area contributed by atoms with Gasteiger partial charge in [0.25, 0.3) is 0 Å². The summed E-state index contributed by atoms with van der Waals surface area (Å²) in [5, 5.41) is 16.9. The molecule has 0 saturated heterocycles. The van der Waals surface area contributed by atoms with Gasteiger partial charge in [-0.15, -0.1) is 10.2 Å². The van der Waals surface area contributed by atoms with Crippen LogP contribution in [0.25, 0.3) is 11.3 Å². The van der Waals surface area contributed by atoms with Gasteiger partial charge >= 0.3 is 0 Å². The van der Waals surface area contributed by atoms with E-state index in [1.165, 1.54) is 0 Å². The van der Waals surface area contributed by atoms with Gasteiger partial charge in [0.2, 0.25) is 11.0 Å². The summed E-state index contributed by atoms with van der Waals surface area (Å²) in [5.41, 5.74) is 3.69. The molecule has 1 atom stereocenters. The lowest BCUT2D eigenvalue weighted by Crippen LogP contribution is -2.16. The SMILES string of the molecule is CCCCSc1nnc2c(n1)O[C@H](c1ccsc1)Nc1ccccc1-2. The fourth-order valence-corrected chi connectivity index (χ4v) is 4.13. The number of thiophene rings is 1. The second kappa shape index (κ2) is 7.41. The van der Waals surface area contributed by atoms with Crippen molar-refractivity contribution in [1.29, 1.82) is 0 Å². The number of fused-ring (bicyclic) bond motifs is 3. The Bertz CT molecular complexity index is 854. The minimum Gasteiger partial charge on any atom is -0.448 e. The van der Waals surface area contributed by atoms with Gasteiger partial charge in [-0.1, -0.05) is 43.3 Å². The summed E-state index contributed by atoms with van der Waals surface area (Å²) in [6, 6.07) is 10.1. The number of anilines is 1. The third kappa shape index (κ3) is 3.48. The fraction of sp³-hybridized carbons (Fsp3) is 0.278. The first-order chi connectivity index (χ1) is 12.3. The van der Waals surface area contributed by atoms with E-state index in [1.807, 2.05) is 29.6 Å². The maximum atomic E-state index is 6.20. The number of hydrogen-bond acceptors (Lipinski definition) is 7. The van der Waals surface area contributed by atoms with Crippen molar-refractivity contribution in [2.45, 2.75) is 31.1 Å². The predicted octanol–water partition coefficient (Wildman–Crippen LogP) is 5.00. The highest BCUT2D eigenvalue weighted by Crippen LogP contribution is 2.39. The maximum absolute atomic E-state index is 6.20. The van der Waals surface area contributed by atoms with E-state index in [-0.39, 0.29) is 6.23 Å². The molecule has 0 spiro atoms. The van der Waals surface area contributed by atoms with E-state index in [4.69, 9.17) is 4.74 Å². The molecule has 7 heteroatoms. The molecular formula is C18H18N4OS2. The van der Waals surface area contributed by atoms with Gasteiger partial charge in [-0.25, -0.2) is 0 Å². The Morgan fingerprint density at radius 1 is 1.24 bits per heavy atom. The second-order valence-electron chi connectivity index (χ2n) is 5.69. The Labute approximate surface area is 154 Å². The largest absolute Gasteiger partial charge is 0.448 e. The van der Waals surface area contributed by atoms with E-state index >= 15 is 0 Å². The number of para-hydroxylation sites is 1. The summed E-state index contributed by atoms with van der Waals surface area (Å²) in [6.07, 6.45) is 1.99. The molecular weight excluding hydrogens is 352 g/mol. The van der Waals surface area contributed by atoms with Gasteiger partial charge in [-0.3, -0.25) is 0 Å². The number of thioether (sulfide) groups is 1. The molecule has 0 saturated carbocycles. The smallest absolute Gasteiger partial charge is 0.247 e. The minimum atomic E-state index is -0.293. The Balaban J connectivity index is 1.73. The first kappa shape index (κ1) is 16.4. The molecule has 3 aromatic rings. The van der Waals surface area contributed by atoms with Crippen molar-refractivity contribution < 1.29 is 4.74 Å². The minimum absolute atomic E-state index is 0.293. The third-order valence-corrected chi connectivity index (χ3v) is 5.53. The van der Waals surface area contributed by atoms with Crippen molar-refractivity contribution in [3.8, 4) is 17.1 Å². The quantitative estimate of drug-likeness (QED) is 0.504. The lowest BCUT2D eigenvalue weighted by Gasteiger charge is -2.17. The van der Waals surface area contributed by atoms with E-state index in [1.54, 1.807) is 23.1 Å².